The molecule has 1 N–H and O–H groups in total. The van der Waals surface area contributed by atoms with Crippen molar-refractivity contribution in [1.82, 2.24) is 5.16 Å². The van der Waals surface area contributed by atoms with Crippen molar-refractivity contribution >= 4 is 11.0 Å². The molecule has 0 unspecified atom stereocenters. The van der Waals surface area contributed by atoms with E-state index in [-0.39, 0.29) is 29.1 Å². The standard InChI is InChI=1S/C26H16F3NO5/c27-26(28,29)17-3-1-2-16(10-17)23-11-18(30-35-23)13-33-20-8-9-21-24(12-20)34-14-22(25(21)32)15-4-6-19(31)7-5-15/h1-12,14,31H,13H2. The van der Waals surface area contributed by atoms with Gasteiger partial charge in [0, 0.05) is 17.7 Å². The Morgan fingerprint density at radius 2 is 1.74 bits per heavy atom. The van der Waals surface area contributed by atoms with E-state index in [1.54, 1.807) is 30.3 Å². The average molecular weight is 479 g/mol. The quantitative estimate of drug-likeness (QED) is 0.313. The summed E-state index contributed by atoms with van der Waals surface area (Å²) in [5.74, 6) is 0.678. The van der Waals surface area contributed by atoms with Gasteiger partial charge in [-0.05, 0) is 42.0 Å². The van der Waals surface area contributed by atoms with Crippen LogP contribution < -0.4 is 10.2 Å². The van der Waals surface area contributed by atoms with Crippen LogP contribution in [0.2, 0.25) is 0 Å². The number of rotatable bonds is 5. The molecule has 35 heavy (non-hydrogen) atoms. The van der Waals surface area contributed by atoms with E-state index in [1.165, 1.54) is 36.6 Å². The summed E-state index contributed by atoms with van der Waals surface area (Å²) < 4.78 is 55.4. The molecule has 0 aliphatic heterocycles. The second-order valence-electron chi connectivity index (χ2n) is 7.73. The first-order valence-corrected chi connectivity index (χ1v) is 10.4. The maximum absolute atomic E-state index is 13.0. The number of alkyl halides is 3. The Kier molecular flexibility index (Phi) is 5.52. The van der Waals surface area contributed by atoms with E-state index in [2.05, 4.69) is 5.16 Å². The lowest BCUT2D eigenvalue weighted by Gasteiger charge is -2.07. The summed E-state index contributed by atoms with van der Waals surface area (Å²) in [7, 11) is 0. The number of fused-ring (bicyclic) bond motifs is 1. The molecule has 3 aromatic carbocycles. The minimum Gasteiger partial charge on any atom is -0.508 e. The van der Waals surface area contributed by atoms with Gasteiger partial charge in [0.25, 0.3) is 0 Å². The van der Waals surface area contributed by atoms with E-state index in [1.807, 2.05) is 0 Å². The van der Waals surface area contributed by atoms with Crippen LogP contribution in [0.3, 0.4) is 0 Å². The first kappa shape index (κ1) is 22.3. The Hall–Kier alpha value is -4.53. The van der Waals surface area contributed by atoms with Crippen LogP contribution in [0.1, 0.15) is 11.3 Å². The largest absolute Gasteiger partial charge is 0.508 e. The normalized spacial score (nSPS) is 11.6. The zero-order chi connectivity index (χ0) is 24.6. The van der Waals surface area contributed by atoms with Gasteiger partial charge in [0.05, 0.1) is 16.5 Å². The highest BCUT2D eigenvalue weighted by Gasteiger charge is 2.30. The van der Waals surface area contributed by atoms with E-state index in [0.717, 1.165) is 12.1 Å². The van der Waals surface area contributed by atoms with Gasteiger partial charge in [0.15, 0.2) is 11.2 Å². The Morgan fingerprint density at radius 3 is 2.51 bits per heavy atom. The van der Waals surface area contributed by atoms with Gasteiger partial charge in [-0.2, -0.15) is 13.2 Å². The molecule has 9 heteroatoms. The van der Waals surface area contributed by atoms with Gasteiger partial charge in [-0.15, -0.1) is 0 Å². The molecule has 0 amide bonds. The molecule has 5 aromatic rings. The van der Waals surface area contributed by atoms with Crippen LogP contribution in [-0.2, 0) is 12.8 Å². The number of nitrogens with zero attached hydrogens (tertiary/aromatic N) is 1. The fraction of sp³-hybridized carbons (Fsp3) is 0.0769. The number of phenolic OH excluding ortho intramolecular Hbond substituents is 1. The van der Waals surface area contributed by atoms with E-state index in [0.29, 0.717) is 33.5 Å². The molecule has 0 aliphatic rings. The topological polar surface area (TPSA) is 85.7 Å². The summed E-state index contributed by atoms with van der Waals surface area (Å²) in [6.07, 6.45) is -3.11. The minimum absolute atomic E-state index is 0.0101. The van der Waals surface area contributed by atoms with Gasteiger partial charge < -0.3 is 18.8 Å². The molecule has 6 nitrogen and oxygen atoms in total. The number of ether oxygens (including phenoxy) is 1. The molecule has 176 valence electrons. The van der Waals surface area contributed by atoms with Crippen LogP contribution in [0.4, 0.5) is 13.2 Å². The number of hydrogen-bond acceptors (Lipinski definition) is 6. The second-order valence-corrected chi connectivity index (χ2v) is 7.73. The Bertz CT molecular complexity index is 1570. The fourth-order valence-corrected chi connectivity index (χ4v) is 3.56. The van der Waals surface area contributed by atoms with Crippen molar-refractivity contribution in [3.63, 3.8) is 0 Å². The average Bonchev–Trinajstić information content (AvgIpc) is 3.32. The molecule has 0 radical (unpaired) electrons. The predicted octanol–water partition coefficient (Wildman–Crippen LogP) is 6.42. The molecule has 0 spiro atoms. The zero-order valence-corrected chi connectivity index (χ0v) is 17.9. The second kappa shape index (κ2) is 8.68. The molecule has 5 rings (SSSR count). The zero-order valence-electron chi connectivity index (χ0n) is 17.9. The summed E-state index contributed by atoms with van der Waals surface area (Å²) in [4.78, 5) is 12.9. The van der Waals surface area contributed by atoms with Crippen molar-refractivity contribution in [3.8, 4) is 33.9 Å². The third-order valence-corrected chi connectivity index (χ3v) is 5.34. The van der Waals surface area contributed by atoms with Gasteiger partial charge in [-0.3, -0.25) is 4.79 Å². The molecule has 2 heterocycles. The number of aromatic nitrogens is 1. The Morgan fingerprint density at radius 1 is 0.943 bits per heavy atom. The summed E-state index contributed by atoms with van der Waals surface area (Å²) >= 11 is 0. The lowest BCUT2D eigenvalue weighted by atomic mass is 10.1. The number of halogens is 3. The lowest BCUT2D eigenvalue weighted by Crippen LogP contribution is -2.05. The molecule has 0 atom stereocenters. The van der Waals surface area contributed by atoms with Crippen LogP contribution in [0, 0.1) is 0 Å². The van der Waals surface area contributed by atoms with Crippen LogP contribution in [0.25, 0.3) is 33.4 Å². The molecule has 0 bridgehead atoms. The van der Waals surface area contributed by atoms with Crippen LogP contribution in [0.15, 0.2) is 92.8 Å². The monoisotopic (exact) mass is 479 g/mol. The SMILES string of the molecule is O=c1c(-c2ccc(O)cc2)coc2cc(OCc3cc(-c4cccc(C(F)(F)F)c4)on3)ccc12. The predicted molar refractivity (Wildman–Crippen MR) is 121 cm³/mol. The Labute approximate surface area is 195 Å². The molecule has 0 saturated heterocycles. The van der Waals surface area contributed by atoms with E-state index in [9.17, 15) is 23.1 Å². The maximum atomic E-state index is 13.0. The number of hydrogen-bond donors (Lipinski definition) is 1. The van der Waals surface area contributed by atoms with Crippen molar-refractivity contribution in [2.45, 2.75) is 12.8 Å². The van der Waals surface area contributed by atoms with Gasteiger partial charge in [0.1, 0.15) is 35.6 Å². The summed E-state index contributed by atoms with van der Waals surface area (Å²) in [6.45, 7) is -0.0101. The highest BCUT2D eigenvalue weighted by atomic mass is 19.4. The Balaban J connectivity index is 1.33. The van der Waals surface area contributed by atoms with E-state index >= 15 is 0 Å². The van der Waals surface area contributed by atoms with Crippen LogP contribution in [-0.4, -0.2) is 10.3 Å². The van der Waals surface area contributed by atoms with Crippen molar-refractivity contribution < 1.29 is 32.0 Å². The summed E-state index contributed by atoms with van der Waals surface area (Å²) in [6, 6.07) is 17.2. The van der Waals surface area contributed by atoms with Crippen molar-refractivity contribution in [3.05, 3.63) is 101 Å². The van der Waals surface area contributed by atoms with Gasteiger partial charge in [-0.25, -0.2) is 0 Å². The lowest BCUT2D eigenvalue weighted by molar-refractivity contribution is -0.137. The van der Waals surface area contributed by atoms with Gasteiger partial charge >= 0.3 is 6.18 Å². The van der Waals surface area contributed by atoms with E-state index < -0.39 is 11.7 Å². The molecule has 0 saturated carbocycles. The highest BCUT2D eigenvalue weighted by molar-refractivity contribution is 5.82. The summed E-state index contributed by atoms with van der Waals surface area (Å²) in [5, 5.41) is 13.7. The minimum atomic E-state index is -4.46. The third-order valence-electron chi connectivity index (χ3n) is 5.34. The van der Waals surface area contributed by atoms with E-state index in [4.69, 9.17) is 13.7 Å². The highest BCUT2D eigenvalue weighted by Crippen LogP contribution is 2.32. The van der Waals surface area contributed by atoms with Crippen molar-refractivity contribution in [2.24, 2.45) is 0 Å². The first-order chi connectivity index (χ1) is 16.8. The molecular weight excluding hydrogens is 463 g/mol. The fourth-order valence-electron chi connectivity index (χ4n) is 3.56. The van der Waals surface area contributed by atoms with Crippen LogP contribution >= 0.6 is 0 Å². The van der Waals surface area contributed by atoms with Gasteiger partial charge in [0.2, 0.25) is 0 Å². The smallest absolute Gasteiger partial charge is 0.416 e. The number of aromatic hydroxyl groups is 1. The number of benzene rings is 3. The summed E-state index contributed by atoms with van der Waals surface area (Å²) in [5.41, 5.74) is 0.898. The molecule has 0 fully saturated rings. The third kappa shape index (κ3) is 4.61. The van der Waals surface area contributed by atoms with Gasteiger partial charge in [-0.1, -0.05) is 29.4 Å². The first-order valence-electron chi connectivity index (χ1n) is 10.4. The molecule has 2 aromatic heterocycles. The van der Waals surface area contributed by atoms with Crippen molar-refractivity contribution in [1.29, 1.82) is 0 Å². The van der Waals surface area contributed by atoms with Crippen molar-refractivity contribution in [2.75, 3.05) is 0 Å². The maximum Gasteiger partial charge on any atom is 0.416 e. The number of phenols is 1. The molecular formula is C26H16F3NO5. The van der Waals surface area contributed by atoms with Crippen LogP contribution in [0.5, 0.6) is 11.5 Å². The molecule has 0 aliphatic carbocycles.